The summed E-state index contributed by atoms with van der Waals surface area (Å²) in [7, 11) is -2.75. The van der Waals surface area contributed by atoms with Gasteiger partial charge in [-0.3, -0.25) is 4.57 Å². The van der Waals surface area contributed by atoms with Crippen molar-refractivity contribution in [2.75, 3.05) is 39.5 Å². The summed E-state index contributed by atoms with van der Waals surface area (Å²) in [5.41, 5.74) is 5.44. The monoisotopic (exact) mass is 691 g/mol. The normalized spacial score (nSPS) is 16.7. The molecule has 9 heteroatoms. The molecular weight excluding hydrogens is 611 g/mol. The number of hydrogen-bond donors (Lipinski definition) is 2. The molecule has 1 rings (SSSR count). The molecule has 2 atom stereocenters. The summed E-state index contributed by atoms with van der Waals surface area (Å²) in [6.45, 7) is 7.34. The highest BCUT2D eigenvalue weighted by molar-refractivity contribution is 7.33. The van der Waals surface area contributed by atoms with Gasteiger partial charge in [0.05, 0.1) is 19.8 Å². The maximum Gasteiger partial charge on any atom is 0.347 e. The number of hydrogen-bond acceptors (Lipinski definition) is 8. The third-order valence-corrected chi connectivity index (χ3v) is 10.1. The Balaban J connectivity index is 2.27. The Morgan fingerprint density at radius 2 is 1.09 bits per heavy atom. The summed E-state index contributed by atoms with van der Waals surface area (Å²) in [6, 6.07) is 0. The SMILES string of the molecule is CCCCCCCCCCCCCCCC1(CCCCCCCCCCCCCCC)OCC(CO[PH](=O)OOCCNCCN)O1. The third-order valence-electron chi connectivity index (χ3n) is 9.43. The van der Waals surface area contributed by atoms with Crippen LogP contribution in [0.3, 0.4) is 0 Å². The summed E-state index contributed by atoms with van der Waals surface area (Å²) < 4.78 is 35.3. The molecule has 1 aliphatic rings. The molecular formula is C38H79N2O6P. The Morgan fingerprint density at radius 1 is 0.660 bits per heavy atom. The molecule has 47 heavy (non-hydrogen) atoms. The zero-order valence-electron chi connectivity index (χ0n) is 31.1. The molecule has 0 amide bonds. The second-order valence-electron chi connectivity index (χ2n) is 14.0. The van der Waals surface area contributed by atoms with Crippen LogP contribution in [0.2, 0.25) is 0 Å². The standard InChI is InChI=1S/C38H79N2O6P/c1-3-5-7-9-11-13-15-17-19-21-23-25-27-29-38(30-28-26-24-22-20-18-16-14-12-10-8-6-4-2)42-35-37(45-38)36-44-47(41)46-43-34-33-40-32-31-39/h37,40,47H,3-36,39H2,1-2H3. The topological polar surface area (TPSA) is 101 Å². The Hall–Kier alpha value is -0.0500. The molecule has 2 unspecified atom stereocenters. The van der Waals surface area contributed by atoms with E-state index in [1.54, 1.807) is 0 Å². The Bertz CT molecular complexity index is 644. The quantitative estimate of drug-likeness (QED) is 0.0286. The van der Waals surface area contributed by atoms with Crippen molar-refractivity contribution in [2.24, 2.45) is 5.73 Å². The second-order valence-corrected chi connectivity index (χ2v) is 14.9. The van der Waals surface area contributed by atoms with Crippen LogP contribution in [0.25, 0.3) is 0 Å². The number of nitrogens with one attached hydrogen (secondary N) is 1. The van der Waals surface area contributed by atoms with Crippen LogP contribution < -0.4 is 11.1 Å². The fourth-order valence-corrected chi connectivity index (χ4v) is 7.08. The lowest BCUT2D eigenvalue weighted by molar-refractivity contribution is -0.209. The minimum atomic E-state index is -2.75. The second kappa shape index (κ2) is 34.4. The fraction of sp³-hybridized carbons (Fsp3) is 1.00. The van der Waals surface area contributed by atoms with Gasteiger partial charge in [-0.15, -0.1) is 0 Å². The van der Waals surface area contributed by atoms with Crippen LogP contribution in [0, 0.1) is 0 Å². The Morgan fingerprint density at radius 3 is 1.51 bits per heavy atom. The van der Waals surface area contributed by atoms with E-state index >= 15 is 0 Å². The fourth-order valence-electron chi connectivity index (χ4n) is 6.53. The Kier molecular flexibility index (Phi) is 32.9. The number of unbranched alkanes of at least 4 members (excludes halogenated alkanes) is 24. The van der Waals surface area contributed by atoms with E-state index in [4.69, 9.17) is 29.3 Å². The minimum Gasteiger partial charge on any atom is -0.347 e. The predicted molar refractivity (Wildman–Crippen MR) is 198 cm³/mol. The summed E-state index contributed by atoms with van der Waals surface area (Å²) in [6.07, 6.45) is 36.6. The summed E-state index contributed by atoms with van der Waals surface area (Å²) in [5, 5.41) is 3.09. The van der Waals surface area contributed by atoms with E-state index in [0.29, 0.717) is 26.2 Å². The molecule has 8 nitrogen and oxygen atoms in total. The van der Waals surface area contributed by atoms with E-state index in [9.17, 15) is 4.57 Å². The van der Waals surface area contributed by atoms with Crippen molar-refractivity contribution in [1.82, 2.24) is 5.32 Å². The predicted octanol–water partition coefficient (Wildman–Crippen LogP) is 11.0. The lowest BCUT2D eigenvalue weighted by atomic mass is 9.98. The van der Waals surface area contributed by atoms with Crippen LogP contribution in [0.4, 0.5) is 0 Å². The van der Waals surface area contributed by atoms with Gasteiger partial charge >= 0.3 is 8.25 Å². The van der Waals surface area contributed by atoms with Gasteiger partial charge in [-0.1, -0.05) is 168 Å². The number of ether oxygens (including phenoxy) is 2. The number of nitrogens with two attached hydrogens (primary N) is 1. The zero-order valence-corrected chi connectivity index (χ0v) is 32.1. The van der Waals surface area contributed by atoms with Crippen molar-refractivity contribution in [1.29, 1.82) is 0 Å². The van der Waals surface area contributed by atoms with Gasteiger partial charge in [0.25, 0.3) is 0 Å². The summed E-state index contributed by atoms with van der Waals surface area (Å²) in [5.74, 6) is -0.536. The molecule has 0 aromatic heterocycles. The molecule has 0 radical (unpaired) electrons. The van der Waals surface area contributed by atoms with Crippen molar-refractivity contribution >= 4 is 8.25 Å². The lowest BCUT2D eigenvalue weighted by Gasteiger charge is -2.28. The first-order valence-corrected chi connectivity index (χ1v) is 21.6. The highest BCUT2D eigenvalue weighted by atomic mass is 31.1. The van der Waals surface area contributed by atoms with E-state index in [1.165, 1.54) is 154 Å². The van der Waals surface area contributed by atoms with Gasteiger partial charge in [-0.2, -0.15) is 4.67 Å². The van der Waals surface area contributed by atoms with Crippen molar-refractivity contribution in [3.05, 3.63) is 0 Å². The van der Waals surface area contributed by atoms with Crippen LogP contribution in [-0.2, 0) is 28.1 Å². The van der Waals surface area contributed by atoms with Gasteiger partial charge in [0.15, 0.2) is 5.79 Å². The molecule has 0 aromatic rings. The van der Waals surface area contributed by atoms with Gasteiger partial charge in [0, 0.05) is 32.5 Å². The number of rotatable bonds is 38. The van der Waals surface area contributed by atoms with Gasteiger partial charge < -0.3 is 25.0 Å². The lowest BCUT2D eigenvalue weighted by Crippen LogP contribution is -2.31. The van der Waals surface area contributed by atoms with Crippen molar-refractivity contribution in [2.45, 2.75) is 206 Å². The van der Waals surface area contributed by atoms with Gasteiger partial charge in [-0.25, -0.2) is 4.89 Å². The average Bonchev–Trinajstić information content (AvgIpc) is 3.49. The molecule has 0 aliphatic carbocycles. The van der Waals surface area contributed by atoms with E-state index in [2.05, 4.69) is 19.2 Å². The molecule has 1 fully saturated rings. The van der Waals surface area contributed by atoms with Gasteiger partial charge in [-0.05, 0) is 12.8 Å². The molecule has 1 heterocycles. The molecule has 0 aromatic carbocycles. The molecule has 0 saturated carbocycles. The maximum atomic E-state index is 12.1. The summed E-state index contributed by atoms with van der Waals surface area (Å²) >= 11 is 0. The first kappa shape index (κ1) is 45.0. The molecule has 3 N–H and O–H groups in total. The molecule has 1 saturated heterocycles. The van der Waals surface area contributed by atoms with Crippen molar-refractivity contribution < 1.29 is 28.1 Å². The van der Waals surface area contributed by atoms with Crippen LogP contribution in [0.5, 0.6) is 0 Å². The van der Waals surface area contributed by atoms with Crippen LogP contribution >= 0.6 is 8.25 Å². The largest absolute Gasteiger partial charge is 0.347 e. The van der Waals surface area contributed by atoms with E-state index < -0.39 is 14.0 Å². The molecule has 282 valence electrons. The Labute approximate surface area is 292 Å². The molecule has 0 bridgehead atoms. The minimum absolute atomic E-state index is 0.186. The zero-order chi connectivity index (χ0) is 33.9. The first-order valence-electron chi connectivity index (χ1n) is 20.3. The van der Waals surface area contributed by atoms with Crippen LogP contribution in [0.15, 0.2) is 0 Å². The molecule has 0 spiro atoms. The van der Waals surface area contributed by atoms with Gasteiger partial charge in [0.1, 0.15) is 6.10 Å². The van der Waals surface area contributed by atoms with Crippen LogP contribution in [0.1, 0.15) is 194 Å². The highest BCUT2D eigenvalue weighted by Gasteiger charge is 2.40. The highest BCUT2D eigenvalue weighted by Crippen LogP contribution is 2.36. The van der Waals surface area contributed by atoms with E-state index in [0.717, 1.165) is 25.7 Å². The van der Waals surface area contributed by atoms with Crippen molar-refractivity contribution in [3.8, 4) is 0 Å². The van der Waals surface area contributed by atoms with Crippen LogP contribution in [-0.4, -0.2) is 51.3 Å². The van der Waals surface area contributed by atoms with E-state index in [1.807, 2.05) is 0 Å². The third kappa shape index (κ3) is 28.4. The molecule has 1 aliphatic heterocycles. The van der Waals surface area contributed by atoms with Gasteiger partial charge in [0.2, 0.25) is 0 Å². The first-order chi connectivity index (χ1) is 23.2. The van der Waals surface area contributed by atoms with E-state index in [-0.39, 0.29) is 19.3 Å². The maximum absolute atomic E-state index is 12.1. The average molecular weight is 691 g/mol. The smallest absolute Gasteiger partial charge is 0.347 e. The summed E-state index contributed by atoms with van der Waals surface area (Å²) in [4.78, 5) is 4.99. The van der Waals surface area contributed by atoms with Crippen molar-refractivity contribution in [3.63, 3.8) is 0 Å².